The standard InChI is InChI=1S/C31H29F3N4O4/c32-31(33,34)22-5-3-4-20(16-22)21-6-11-26-25(17-21)30(41)38-15-14-37(18-27(38)29(40)35-26)28(39)19-42-24-9-7-23(8-10-24)36-12-1-2-13-36/h3-11,16-17,27H,1-2,12-15,18-19H2,(H,35,40). The smallest absolute Gasteiger partial charge is 0.416 e. The topological polar surface area (TPSA) is 82.2 Å². The third-order valence-electron chi connectivity index (χ3n) is 8.00. The summed E-state index contributed by atoms with van der Waals surface area (Å²) in [7, 11) is 0. The van der Waals surface area contributed by atoms with Crippen molar-refractivity contribution in [3.8, 4) is 16.9 Å². The van der Waals surface area contributed by atoms with Crippen molar-refractivity contribution in [3.63, 3.8) is 0 Å². The Morgan fingerprint density at radius 1 is 0.905 bits per heavy atom. The van der Waals surface area contributed by atoms with E-state index < -0.39 is 29.6 Å². The van der Waals surface area contributed by atoms with Crippen molar-refractivity contribution < 1.29 is 32.3 Å². The first kappa shape index (κ1) is 27.6. The molecule has 0 aliphatic carbocycles. The molecule has 42 heavy (non-hydrogen) atoms. The average Bonchev–Trinajstić information content (AvgIpc) is 3.51. The van der Waals surface area contributed by atoms with Crippen LogP contribution >= 0.6 is 0 Å². The number of hydrogen-bond acceptors (Lipinski definition) is 5. The van der Waals surface area contributed by atoms with Gasteiger partial charge in [-0.25, -0.2) is 0 Å². The Balaban J connectivity index is 1.13. The molecule has 1 atom stereocenters. The van der Waals surface area contributed by atoms with Crippen molar-refractivity contribution in [2.75, 3.05) is 49.5 Å². The van der Waals surface area contributed by atoms with Crippen molar-refractivity contribution in [1.82, 2.24) is 9.80 Å². The zero-order valence-electron chi connectivity index (χ0n) is 22.7. The molecule has 1 unspecified atom stereocenters. The summed E-state index contributed by atoms with van der Waals surface area (Å²) in [5.41, 5.74) is 1.50. The maximum absolute atomic E-state index is 13.6. The molecule has 3 aliphatic heterocycles. The van der Waals surface area contributed by atoms with E-state index in [0.717, 1.165) is 30.9 Å². The number of carbonyl (C=O) groups excluding carboxylic acids is 3. The van der Waals surface area contributed by atoms with Crippen LogP contribution in [-0.4, -0.2) is 72.9 Å². The van der Waals surface area contributed by atoms with Gasteiger partial charge in [0, 0.05) is 31.9 Å². The first-order valence-electron chi connectivity index (χ1n) is 13.9. The van der Waals surface area contributed by atoms with E-state index in [4.69, 9.17) is 4.74 Å². The van der Waals surface area contributed by atoms with Crippen LogP contribution in [0.25, 0.3) is 11.1 Å². The lowest BCUT2D eigenvalue weighted by Gasteiger charge is -2.39. The van der Waals surface area contributed by atoms with Crippen LogP contribution in [0.5, 0.6) is 5.75 Å². The highest BCUT2D eigenvalue weighted by Crippen LogP contribution is 2.34. The highest BCUT2D eigenvalue weighted by molar-refractivity contribution is 6.10. The molecule has 11 heteroatoms. The Hall–Kier alpha value is -4.54. The number of nitrogens with one attached hydrogen (secondary N) is 1. The van der Waals surface area contributed by atoms with E-state index in [2.05, 4.69) is 10.2 Å². The SMILES string of the molecule is O=C1Nc2ccc(-c3cccc(C(F)(F)F)c3)cc2C(=O)N2CCN(C(=O)COc3ccc(N4CCCC4)cc3)CC12. The lowest BCUT2D eigenvalue weighted by molar-refractivity contribution is -0.138. The molecule has 0 bridgehead atoms. The molecule has 8 nitrogen and oxygen atoms in total. The Morgan fingerprint density at radius 3 is 2.38 bits per heavy atom. The number of alkyl halides is 3. The highest BCUT2D eigenvalue weighted by atomic mass is 19.4. The minimum absolute atomic E-state index is 0.00212. The number of piperazine rings is 1. The lowest BCUT2D eigenvalue weighted by Crippen LogP contribution is -2.60. The summed E-state index contributed by atoms with van der Waals surface area (Å²) in [5, 5.41) is 2.76. The summed E-state index contributed by atoms with van der Waals surface area (Å²) in [4.78, 5) is 44.9. The molecule has 0 radical (unpaired) electrons. The van der Waals surface area contributed by atoms with Gasteiger partial charge in [0.25, 0.3) is 11.8 Å². The summed E-state index contributed by atoms with van der Waals surface area (Å²) in [5.74, 6) is -0.597. The van der Waals surface area contributed by atoms with Gasteiger partial charge in [0.2, 0.25) is 5.91 Å². The van der Waals surface area contributed by atoms with Gasteiger partial charge in [-0.05, 0) is 72.5 Å². The molecule has 218 valence electrons. The maximum Gasteiger partial charge on any atom is 0.416 e. The molecule has 1 N–H and O–H groups in total. The van der Waals surface area contributed by atoms with Crippen LogP contribution < -0.4 is 15.0 Å². The van der Waals surface area contributed by atoms with Crippen LogP contribution in [0.2, 0.25) is 0 Å². The Kier molecular flexibility index (Phi) is 7.26. The van der Waals surface area contributed by atoms with Crippen molar-refractivity contribution in [1.29, 1.82) is 0 Å². The zero-order chi connectivity index (χ0) is 29.4. The van der Waals surface area contributed by atoms with Crippen molar-refractivity contribution >= 4 is 29.1 Å². The predicted molar refractivity (Wildman–Crippen MR) is 150 cm³/mol. The number of benzene rings is 3. The lowest BCUT2D eigenvalue weighted by atomic mass is 9.99. The molecule has 3 aromatic carbocycles. The Bertz CT molecular complexity index is 1520. The van der Waals surface area contributed by atoms with E-state index >= 15 is 0 Å². The number of fused-ring (bicyclic) bond motifs is 2. The molecule has 3 amide bonds. The van der Waals surface area contributed by atoms with Gasteiger partial charge < -0.3 is 24.8 Å². The number of amides is 3. The third kappa shape index (κ3) is 5.50. The number of hydrogen-bond donors (Lipinski definition) is 1. The van der Waals surface area contributed by atoms with Gasteiger partial charge in [-0.1, -0.05) is 18.2 Å². The zero-order valence-corrected chi connectivity index (χ0v) is 22.7. The van der Waals surface area contributed by atoms with E-state index in [9.17, 15) is 27.6 Å². The van der Waals surface area contributed by atoms with Crippen LogP contribution in [0, 0.1) is 0 Å². The predicted octanol–water partition coefficient (Wildman–Crippen LogP) is 4.66. The highest BCUT2D eigenvalue weighted by Gasteiger charge is 2.40. The molecule has 0 saturated carbocycles. The molecule has 6 rings (SSSR count). The summed E-state index contributed by atoms with van der Waals surface area (Å²) in [6.07, 6.45) is -2.14. The van der Waals surface area contributed by atoms with Crippen LogP contribution in [0.4, 0.5) is 24.5 Å². The molecule has 2 fully saturated rings. The fraction of sp³-hybridized carbons (Fsp3) is 0.323. The van der Waals surface area contributed by atoms with Gasteiger partial charge in [0.15, 0.2) is 6.61 Å². The number of halogens is 3. The van der Waals surface area contributed by atoms with E-state index in [1.165, 1.54) is 46.9 Å². The molecule has 2 saturated heterocycles. The second kappa shape index (κ2) is 11.0. The van der Waals surface area contributed by atoms with E-state index in [1.807, 2.05) is 24.3 Å². The largest absolute Gasteiger partial charge is 0.484 e. The third-order valence-corrected chi connectivity index (χ3v) is 8.00. The van der Waals surface area contributed by atoms with Crippen molar-refractivity contribution in [2.24, 2.45) is 0 Å². The second-order valence-corrected chi connectivity index (χ2v) is 10.7. The van der Waals surface area contributed by atoms with Crippen molar-refractivity contribution in [3.05, 3.63) is 77.9 Å². The molecule has 3 aromatic rings. The monoisotopic (exact) mass is 578 g/mol. The minimum atomic E-state index is -4.50. The van der Waals surface area contributed by atoms with Gasteiger partial charge in [0.05, 0.1) is 23.4 Å². The summed E-state index contributed by atoms with van der Waals surface area (Å²) >= 11 is 0. The first-order valence-corrected chi connectivity index (χ1v) is 13.9. The van der Waals surface area contributed by atoms with Gasteiger partial charge in [-0.3, -0.25) is 14.4 Å². The van der Waals surface area contributed by atoms with Crippen LogP contribution in [0.3, 0.4) is 0 Å². The number of anilines is 2. The maximum atomic E-state index is 13.6. The van der Waals surface area contributed by atoms with Gasteiger partial charge in [0.1, 0.15) is 11.8 Å². The van der Waals surface area contributed by atoms with Crippen molar-refractivity contribution in [2.45, 2.75) is 25.1 Å². The number of ether oxygens (including phenoxy) is 1. The molecular weight excluding hydrogens is 549 g/mol. The first-order chi connectivity index (χ1) is 20.2. The average molecular weight is 579 g/mol. The second-order valence-electron chi connectivity index (χ2n) is 10.7. The number of rotatable bonds is 5. The quantitative estimate of drug-likeness (QED) is 0.477. The fourth-order valence-electron chi connectivity index (χ4n) is 5.70. The summed E-state index contributed by atoms with van der Waals surface area (Å²) in [6, 6.07) is 16.1. The normalized spacial score (nSPS) is 18.7. The van der Waals surface area contributed by atoms with Gasteiger partial charge >= 0.3 is 6.18 Å². The van der Waals surface area contributed by atoms with E-state index in [-0.39, 0.29) is 43.4 Å². The summed E-state index contributed by atoms with van der Waals surface area (Å²) in [6.45, 7) is 2.21. The molecule has 0 aromatic heterocycles. The Morgan fingerprint density at radius 2 is 1.64 bits per heavy atom. The van der Waals surface area contributed by atoms with Gasteiger partial charge in [-0.2, -0.15) is 13.2 Å². The molecule has 0 spiro atoms. The fourth-order valence-corrected chi connectivity index (χ4v) is 5.70. The summed E-state index contributed by atoms with van der Waals surface area (Å²) < 4.78 is 45.5. The van der Waals surface area contributed by atoms with E-state index in [1.54, 1.807) is 6.07 Å². The van der Waals surface area contributed by atoms with Crippen LogP contribution in [0.1, 0.15) is 28.8 Å². The Labute approximate surface area is 240 Å². The number of nitrogens with zero attached hydrogens (tertiary/aromatic N) is 3. The van der Waals surface area contributed by atoms with Crippen LogP contribution in [-0.2, 0) is 15.8 Å². The van der Waals surface area contributed by atoms with Crippen LogP contribution in [0.15, 0.2) is 66.7 Å². The minimum Gasteiger partial charge on any atom is -0.484 e. The molecular formula is C31H29F3N4O4. The molecule has 3 heterocycles. The van der Waals surface area contributed by atoms with Gasteiger partial charge in [-0.15, -0.1) is 0 Å². The number of carbonyl (C=O) groups is 3. The molecule has 3 aliphatic rings. The van der Waals surface area contributed by atoms with E-state index in [0.29, 0.717) is 16.9 Å².